The third-order valence-electron chi connectivity index (χ3n) is 2.12. The Bertz CT molecular complexity index is 482. The Kier molecular flexibility index (Phi) is 2.79. The first kappa shape index (κ1) is 9.87. The molecule has 74 valence electrons. The highest BCUT2D eigenvalue weighted by Gasteiger charge is 2.03. The van der Waals surface area contributed by atoms with E-state index >= 15 is 0 Å². The lowest BCUT2D eigenvalue weighted by molar-refractivity contribution is 0.112. The van der Waals surface area contributed by atoms with Crippen LogP contribution in [0.3, 0.4) is 0 Å². The third kappa shape index (κ3) is 2.05. The molecule has 1 aromatic carbocycles. The largest absolute Gasteiger partial charge is 0.298 e. The lowest BCUT2D eigenvalue weighted by Crippen LogP contribution is -1.84. The van der Waals surface area contributed by atoms with Crippen LogP contribution in [-0.2, 0) is 0 Å². The minimum Gasteiger partial charge on any atom is -0.298 e. The van der Waals surface area contributed by atoms with Gasteiger partial charge in [0.2, 0.25) is 0 Å². The third-order valence-corrected chi connectivity index (χ3v) is 2.43. The average molecular weight is 218 g/mol. The van der Waals surface area contributed by atoms with E-state index in [4.69, 9.17) is 11.6 Å². The zero-order valence-corrected chi connectivity index (χ0v) is 8.61. The van der Waals surface area contributed by atoms with E-state index in [-0.39, 0.29) is 0 Å². The molecule has 0 radical (unpaired) electrons. The van der Waals surface area contributed by atoms with Crippen molar-refractivity contribution in [2.24, 2.45) is 0 Å². The van der Waals surface area contributed by atoms with Gasteiger partial charge in [-0.05, 0) is 23.8 Å². The van der Waals surface area contributed by atoms with Crippen molar-refractivity contribution in [3.05, 3.63) is 53.3 Å². The number of aldehydes is 1. The van der Waals surface area contributed by atoms with E-state index in [2.05, 4.69) is 4.98 Å². The van der Waals surface area contributed by atoms with Gasteiger partial charge in [-0.25, -0.2) is 0 Å². The van der Waals surface area contributed by atoms with Crippen LogP contribution in [0.4, 0.5) is 0 Å². The van der Waals surface area contributed by atoms with Crippen LogP contribution >= 0.6 is 11.6 Å². The van der Waals surface area contributed by atoms with Crippen molar-refractivity contribution in [3.8, 4) is 11.1 Å². The van der Waals surface area contributed by atoms with Gasteiger partial charge >= 0.3 is 0 Å². The molecule has 2 aromatic rings. The predicted molar refractivity (Wildman–Crippen MR) is 60.1 cm³/mol. The van der Waals surface area contributed by atoms with Crippen molar-refractivity contribution in [2.75, 3.05) is 0 Å². The highest BCUT2D eigenvalue weighted by molar-refractivity contribution is 6.33. The van der Waals surface area contributed by atoms with Crippen LogP contribution in [0.1, 0.15) is 10.4 Å². The lowest BCUT2D eigenvalue weighted by Gasteiger charge is -2.04. The van der Waals surface area contributed by atoms with Gasteiger partial charge in [-0.3, -0.25) is 9.78 Å². The molecule has 0 saturated carbocycles. The van der Waals surface area contributed by atoms with Gasteiger partial charge in [-0.1, -0.05) is 23.7 Å². The van der Waals surface area contributed by atoms with Gasteiger partial charge in [-0.2, -0.15) is 0 Å². The molecule has 2 nitrogen and oxygen atoms in total. The molecule has 0 N–H and O–H groups in total. The number of benzene rings is 1. The molecule has 0 unspecified atom stereocenters. The smallest absolute Gasteiger partial charge is 0.150 e. The second-order valence-corrected chi connectivity index (χ2v) is 3.50. The van der Waals surface area contributed by atoms with E-state index in [0.29, 0.717) is 10.6 Å². The zero-order chi connectivity index (χ0) is 10.7. The van der Waals surface area contributed by atoms with Crippen LogP contribution < -0.4 is 0 Å². The summed E-state index contributed by atoms with van der Waals surface area (Å²) in [4.78, 5) is 14.5. The molecule has 15 heavy (non-hydrogen) atoms. The molecule has 0 bridgehead atoms. The maximum absolute atomic E-state index is 10.5. The van der Waals surface area contributed by atoms with Gasteiger partial charge in [0.15, 0.2) is 0 Å². The highest BCUT2D eigenvalue weighted by Crippen LogP contribution is 2.27. The number of pyridine rings is 1. The van der Waals surface area contributed by atoms with Crippen LogP contribution in [-0.4, -0.2) is 11.3 Å². The Morgan fingerprint density at radius 2 is 1.87 bits per heavy atom. The molecule has 0 spiro atoms. The van der Waals surface area contributed by atoms with Gasteiger partial charge in [0, 0.05) is 28.5 Å². The molecule has 0 fully saturated rings. The van der Waals surface area contributed by atoms with E-state index in [1.54, 1.807) is 24.5 Å². The van der Waals surface area contributed by atoms with Gasteiger partial charge in [-0.15, -0.1) is 0 Å². The van der Waals surface area contributed by atoms with E-state index in [0.717, 1.165) is 17.4 Å². The topological polar surface area (TPSA) is 30.0 Å². The van der Waals surface area contributed by atoms with Gasteiger partial charge in [0.25, 0.3) is 0 Å². The lowest BCUT2D eigenvalue weighted by atomic mass is 10.1. The van der Waals surface area contributed by atoms with Crippen LogP contribution in [0.25, 0.3) is 11.1 Å². The molecule has 0 amide bonds. The minimum absolute atomic E-state index is 0.575. The molecule has 1 heterocycles. The number of rotatable bonds is 2. The van der Waals surface area contributed by atoms with Crippen molar-refractivity contribution in [1.82, 2.24) is 4.98 Å². The summed E-state index contributed by atoms with van der Waals surface area (Å²) in [5.41, 5.74) is 2.48. The summed E-state index contributed by atoms with van der Waals surface area (Å²) in [6, 6.07) is 8.99. The number of nitrogens with zero attached hydrogens (tertiary/aromatic N) is 1. The quantitative estimate of drug-likeness (QED) is 0.723. The summed E-state index contributed by atoms with van der Waals surface area (Å²) in [5, 5.41) is 0.575. The van der Waals surface area contributed by atoms with E-state index in [1.807, 2.05) is 18.2 Å². The molecule has 0 atom stereocenters. The average Bonchev–Trinajstić information content (AvgIpc) is 2.30. The van der Waals surface area contributed by atoms with Crippen LogP contribution in [0.5, 0.6) is 0 Å². The summed E-state index contributed by atoms with van der Waals surface area (Å²) in [7, 11) is 0. The Morgan fingerprint density at radius 1 is 1.13 bits per heavy atom. The summed E-state index contributed by atoms with van der Waals surface area (Å²) in [6.07, 6.45) is 4.20. The molecule has 0 aliphatic carbocycles. The molecule has 0 saturated heterocycles. The van der Waals surface area contributed by atoms with E-state index in [9.17, 15) is 4.79 Å². The van der Waals surface area contributed by atoms with Crippen molar-refractivity contribution in [2.45, 2.75) is 0 Å². The first-order valence-electron chi connectivity index (χ1n) is 4.46. The summed E-state index contributed by atoms with van der Waals surface area (Å²) < 4.78 is 0. The number of carbonyl (C=O) groups excluding carboxylic acids is 1. The fraction of sp³-hybridized carbons (Fsp3) is 0. The minimum atomic E-state index is 0.575. The normalized spacial score (nSPS) is 9.93. The number of halogens is 1. The fourth-order valence-electron chi connectivity index (χ4n) is 1.37. The van der Waals surface area contributed by atoms with Gasteiger partial charge < -0.3 is 0 Å². The monoisotopic (exact) mass is 217 g/mol. The maximum atomic E-state index is 10.5. The van der Waals surface area contributed by atoms with Crippen molar-refractivity contribution < 1.29 is 4.79 Å². The van der Waals surface area contributed by atoms with Crippen LogP contribution in [0.2, 0.25) is 5.02 Å². The Morgan fingerprint density at radius 3 is 2.47 bits per heavy atom. The molecule has 1 aromatic heterocycles. The van der Waals surface area contributed by atoms with Crippen molar-refractivity contribution >= 4 is 17.9 Å². The van der Waals surface area contributed by atoms with Gasteiger partial charge in [0.1, 0.15) is 6.29 Å². The molecular weight excluding hydrogens is 210 g/mol. The maximum Gasteiger partial charge on any atom is 0.150 e. The second kappa shape index (κ2) is 4.24. The van der Waals surface area contributed by atoms with Crippen LogP contribution in [0.15, 0.2) is 42.7 Å². The fourth-order valence-corrected chi connectivity index (χ4v) is 1.67. The molecule has 0 aliphatic rings. The van der Waals surface area contributed by atoms with Crippen LogP contribution in [0, 0.1) is 0 Å². The van der Waals surface area contributed by atoms with E-state index < -0.39 is 0 Å². The Labute approximate surface area is 92.5 Å². The predicted octanol–water partition coefficient (Wildman–Crippen LogP) is 3.21. The molecule has 0 aliphatic heterocycles. The van der Waals surface area contributed by atoms with Crippen molar-refractivity contribution in [3.63, 3.8) is 0 Å². The first-order chi connectivity index (χ1) is 7.31. The highest BCUT2D eigenvalue weighted by atomic mass is 35.5. The summed E-state index contributed by atoms with van der Waals surface area (Å²) >= 11 is 6.06. The standard InChI is InChI=1S/C12H8ClNO/c13-12-7-9(8-15)1-2-11(12)10-3-5-14-6-4-10/h1-8H. The Hall–Kier alpha value is -1.67. The number of carbonyl (C=O) groups is 1. The zero-order valence-electron chi connectivity index (χ0n) is 7.85. The van der Waals surface area contributed by atoms with Crippen molar-refractivity contribution in [1.29, 1.82) is 0 Å². The summed E-state index contributed by atoms with van der Waals surface area (Å²) in [6.45, 7) is 0. The second-order valence-electron chi connectivity index (χ2n) is 3.09. The number of hydrogen-bond acceptors (Lipinski definition) is 2. The first-order valence-corrected chi connectivity index (χ1v) is 4.84. The van der Waals surface area contributed by atoms with E-state index in [1.165, 1.54) is 0 Å². The number of aromatic nitrogens is 1. The summed E-state index contributed by atoms with van der Waals surface area (Å²) in [5.74, 6) is 0. The Balaban J connectivity index is 2.51. The SMILES string of the molecule is O=Cc1ccc(-c2ccncc2)c(Cl)c1. The molecule has 2 rings (SSSR count). The van der Waals surface area contributed by atoms with Gasteiger partial charge in [0.05, 0.1) is 0 Å². The molecular formula is C12H8ClNO. The number of hydrogen-bond donors (Lipinski definition) is 0. The molecule has 3 heteroatoms.